The van der Waals surface area contributed by atoms with Crippen LogP contribution in [0.3, 0.4) is 0 Å². The molecule has 2 aromatic heterocycles. The van der Waals surface area contributed by atoms with Gasteiger partial charge in [-0.2, -0.15) is 0 Å². The van der Waals surface area contributed by atoms with Crippen LogP contribution in [0.25, 0.3) is 11.5 Å². The molecule has 1 amide bonds. The second-order valence-electron chi connectivity index (χ2n) is 5.27. The number of allylic oxidation sites excluding steroid dienone is 1. The summed E-state index contributed by atoms with van der Waals surface area (Å²) >= 11 is 0. The Kier molecular flexibility index (Phi) is 4.58. The minimum absolute atomic E-state index is 0.0172. The second-order valence-corrected chi connectivity index (χ2v) is 5.27. The normalized spacial score (nSPS) is 14.5. The molecule has 0 bridgehead atoms. The van der Waals surface area contributed by atoms with Crippen molar-refractivity contribution in [3.63, 3.8) is 0 Å². The highest BCUT2D eigenvalue weighted by molar-refractivity contribution is 5.89. The van der Waals surface area contributed by atoms with Crippen LogP contribution in [-0.4, -0.2) is 27.6 Å². The number of hydrogen-bond donors (Lipinski definition) is 1. The Bertz CT molecular complexity index is 664. The molecule has 0 spiro atoms. The summed E-state index contributed by atoms with van der Waals surface area (Å²) in [7, 11) is 0. The zero-order chi connectivity index (χ0) is 15.2. The summed E-state index contributed by atoms with van der Waals surface area (Å²) in [6.07, 6.45) is 11.3. The van der Waals surface area contributed by atoms with Gasteiger partial charge in [0.1, 0.15) is 0 Å². The SMILES string of the molecule is O=C(NCCC1=CCCCC1)c1nnc(-c2cccnc2)o1. The average molecular weight is 298 g/mol. The lowest BCUT2D eigenvalue weighted by Crippen LogP contribution is -2.25. The van der Waals surface area contributed by atoms with E-state index in [1.807, 2.05) is 0 Å². The van der Waals surface area contributed by atoms with Gasteiger partial charge in [0.05, 0.1) is 5.56 Å². The summed E-state index contributed by atoms with van der Waals surface area (Å²) in [6, 6.07) is 3.58. The molecule has 0 fully saturated rings. The minimum atomic E-state index is -0.334. The fraction of sp³-hybridized carbons (Fsp3) is 0.375. The Morgan fingerprint density at radius 3 is 3.05 bits per heavy atom. The van der Waals surface area contributed by atoms with Crippen molar-refractivity contribution in [1.29, 1.82) is 0 Å². The maximum Gasteiger partial charge on any atom is 0.308 e. The lowest BCUT2D eigenvalue weighted by molar-refractivity contribution is 0.0920. The van der Waals surface area contributed by atoms with Crippen molar-refractivity contribution < 1.29 is 9.21 Å². The molecule has 0 aromatic carbocycles. The van der Waals surface area contributed by atoms with E-state index in [1.54, 1.807) is 24.5 Å². The van der Waals surface area contributed by atoms with E-state index in [0.717, 1.165) is 19.3 Å². The molecule has 0 unspecified atom stereocenters. The number of aromatic nitrogens is 3. The molecular formula is C16H18N4O2. The first-order chi connectivity index (χ1) is 10.8. The molecule has 2 heterocycles. The minimum Gasteiger partial charge on any atom is -0.412 e. The van der Waals surface area contributed by atoms with Crippen LogP contribution in [0.4, 0.5) is 0 Å². The van der Waals surface area contributed by atoms with E-state index in [9.17, 15) is 4.79 Å². The van der Waals surface area contributed by atoms with Crippen LogP contribution in [0.1, 0.15) is 42.8 Å². The second kappa shape index (κ2) is 6.98. The third kappa shape index (κ3) is 3.58. The van der Waals surface area contributed by atoms with Crippen LogP contribution in [-0.2, 0) is 0 Å². The third-order valence-electron chi connectivity index (χ3n) is 3.64. The van der Waals surface area contributed by atoms with Crippen molar-refractivity contribution in [2.75, 3.05) is 6.54 Å². The molecule has 1 aliphatic carbocycles. The van der Waals surface area contributed by atoms with Gasteiger partial charge in [-0.05, 0) is 44.2 Å². The molecule has 6 nitrogen and oxygen atoms in total. The standard InChI is InChI=1S/C16H18N4O2/c21-14(18-10-8-12-5-2-1-3-6-12)16-20-19-15(22-16)13-7-4-9-17-11-13/h4-5,7,9,11H,1-3,6,8,10H2,(H,18,21). The maximum atomic E-state index is 12.0. The summed E-state index contributed by atoms with van der Waals surface area (Å²) < 4.78 is 5.39. The molecule has 0 radical (unpaired) electrons. The molecule has 6 heteroatoms. The first-order valence-corrected chi connectivity index (χ1v) is 7.53. The van der Waals surface area contributed by atoms with Crippen LogP contribution in [0, 0.1) is 0 Å². The van der Waals surface area contributed by atoms with E-state index >= 15 is 0 Å². The summed E-state index contributed by atoms with van der Waals surface area (Å²) in [5, 5.41) is 10.5. The number of pyridine rings is 1. The number of hydrogen-bond acceptors (Lipinski definition) is 5. The van der Waals surface area contributed by atoms with Gasteiger partial charge in [0.15, 0.2) is 0 Å². The first-order valence-electron chi connectivity index (χ1n) is 7.53. The molecule has 2 aromatic rings. The maximum absolute atomic E-state index is 12.0. The van der Waals surface area contributed by atoms with Crippen LogP contribution in [0.15, 0.2) is 40.6 Å². The van der Waals surface area contributed by atoms with Gasteiger partial charge in [0.2, 0.25) is 5.89 Å². The highest BCUT2D eigenvalue weighted by atomic mass is 16.4. The zero-order valence-corrected chi connectivity index (χ0v) is 12.3. The Hall–Kier alpha value is -2.50. The number of nitrogens with one attached hydrogen (secondary N) is 1. The lowest BCUT2D eigenvalue weighted by Gasteiger charge is -2.12. The van der Waals surface area contributed by atoms with Crippen molar-refractivity contribution >= 4 is 5.91 Å². The van der Waals surface area contributed by atoms with Crippen molar-refractivity contribution in [2.24, 2.45) is 0 Å². The van der Waals surface area contributed by atoms with E-state index in [1.165, 1.54) is 18.4 Å². The number of rotatable bonds is 5. The molecular weight excluding hydrogens is 280 g/mol. The van der Waals surface area contributed by atoms with Gasteiger partial charge >= 0.3 is 11.8 Å². The fourth-order valence-corrected chi connectivity index (χ4v) is 2.46. The van der Waals surface area contributed by atoms with E-state index in [0.29, 0.717) is 18.0 Å². The van der Waals surface area contributed by atoms with Gasteiger partial charge in [-0.25, -0.2) is 0 Å². The summed E-state index contributed by atoms with van der Waals surface area (Å²) in [6.45, 7) is 0.593. The predicted molar refractivity (Wildman–Crippen MR) is 81.0 cm³/mol. The lowest BCUT2D eigenvalue weighted by atomic mass is 9.97. The Labute approximate surface area is 128 Å². The van der Waals surface area contributed by atoms with E-state index in [2.05, 4.69) is 26.6 Å². The molecule has 114 valence electrons. The Morgan fingerprint density at radius 2 is 2.27 bits per heavy atom. The summed E-state index contributed by atoms with van der Waals surface area (Å²) in [4.78, 5) is 16.0. The molecule has 1 N–H and O–H groups in total. The highest BCUT2D eigenvalue weighted by Gasteiger charge is 2.15. The molecule has 3 rings (SSSR count). The molecule has 0 saturated carbocycles. The van der Waals surface area contributed by atoms with Gasteiger partial charge in [-0.3, -0.25) is 9.78 Å². The fourth-order valence-electron chi connectivity index (χ4n) is 2.46. The van der Waals surface area contributed by atoms with Crippen molar-refractivity contribution in [2.45, 2.75) is 32.1 Å². The summed E-state index contributed by atoms with van der Waals surface area (Å²) in [5.74, 6) is -0.0521. The van der Waals surface area contributed by atoms with E-state index < -0.39 is 0 Å². The summed E-state index contributed by atoms with van der Waals surface area (Å²) in [5.41, 5.74) is 2.12. The zero-order valence-electron chi connectivity index (χ0n) is 12.3. The van der Waals surface area contributed by atoms with Gasteiger partial charge < -0.3 is 9.73 Å². The van der Waals surface area contributed by atoms with Crippen molar-refractivity contribution in [1.82, 2.24) is 20.5 Å². The van der Waals surface area contributed by atoms with Gasteiger partial charge in [-0.15, -0.1) is 10.2 Å². The largest absolute Gasteiger partial charge is 0.412 e. The first kappa shape index (κ1) is 14.4. The molecule has 0 aliphatic heterocycles. The predicted octanol–water partition coefficient (Wildman–Crippen LogP) is 2.75. The van der Waals surface area contributed by atoms with E-state index in [-0.39, 0.29) is 11.8 Å². The molecule has 0 atom stereocenters. The highest BCUT2D eigenvalue weighted by Crippen LogP contribution is 2.19. The van der Waals surface area contributed by atoms with Crippen molar-refractivity contribution in [3.8, 4) is 11.5 Å². The van der Waals surface area contributed by atoms with Crippen LogP contribution >= 0.6 is 0 Å². The van der Waals surface area contributed by atoms with Crippen LogP contribution in [0.5, 0.6) is 0 Å². The van der Waals surface area contributed by atoms with Gasteiger partial charge in [0, 0.05) is 18.9 Å². The molecule has 0 saturated heterocycles. The number of carbonyl (C=O) groups is 1. The van der Waals surface area contributed by atoms with E-state index in [4.69, 9.17) is 4.42 Å². The van der Waals surface area contributed by atoms with Crippen molar-refractivity contribution in [3.05, 3.63) is 42.1 Å². The Morgan fingerprint density at radius 1 is 1.32 bits per heavy atom. The number of carbonyl (C=O) groups excluding carboxylic acids is 1. The third-order valence-corrected chi connectivity index (χ3v) is 3.64. The monoisotopic (exact) mass is 298 g/mol. The molecule has 22 heavy (non-hydrogen) atoms. The number of nitrogens with zero attached hydrogens (tertiary/aromatic N) is 3. The number of amides is 1. The van der Waals surface area contributed by atoms with Crippen LogP contribution < -0.4 is 5.32 Å². The quantitative estimate of drug-likeness (QED) is 0.858. The Balaban J connectivity index is 1.54. The smallest absolute Gasteiger partial charge is 0.308 e. The van der Waals surface area contributed by atoms with Gasteiger partial charge in [0.25, 0.3) is 0 Å². The average Bonchev–Trinajstić information content (AvgIpc) is 3.07. The van der Waals surface area contributed by atoms with Crippen LogP contribution in [0.2, 0.25) is 0 Å². The topological polar surface area (TPSA) is 80.9 Å². The van der Waals surface area contributed by atoms with Gasteiger partial charge in [-0.1, -0.05) is 11.6 Å². The molecule has 1 aliphatic rings.